The molecule has 1 aromatic heterocycles. The zero-order valence-corrected chi connectivity index (χ0v) is 13.4. The van der Waals surface area contributed by atoms with Crippen LogP contribution in [0.25, 0.3) is 5.69 Å². The van der Waals surface area contributed by atoms with Crippen molar-refractivity contribution in [3.63, 3.8) is 0 Å². The molecule has 26 heavy (non-hydrogen) atoms. The second-order valence-corrected chi connectivity index (χ2v) is 5.98. The largest absolute Gasteiger partial charge is 0.310 e. The van der Waals surface area contributed by atoms with Gasteiger partial charge in [-0.3, -0.25) is 9.36 Å². The van der Waals surface area contributed by atoms with Gasteiger partial charge in [0, 0.05) is 18.4 Å². The first-order valence-corrected chi connectivity index (χ1v) is 7.89. The van der Waals surface area contributed by atoms with Gasteiger partial charge in [0.05, 0.1) is 23.0 Å². The van der Waals surface area contributed by atoms with Crippen LogP contribution < -0.4 is 5.32 Å². The molecule has 7 heteroatoms. The molecule has 2 heterocycles. The molecule has 128 valence electrons. The first-order chi connectivity index (χ1) is 12.6. The summed E-state index contributed by atoms with van der Waals surface area (Å²) < 4.78 is 29.0. The normalized spacial score (nSPS) is 15.9. The summed E-state index contributed by atoms with van der Waals surface area (Å²) in [5, 5.41) is 11.6. The lowest BCUT2D eigenvalue weighted by Crippen LogP contribution is -2.25. The molecule has 1 N–H and O–H groups in total. The number of hydrogen-bond acceptors (Lipinski definition) is 3. The van der Waals surface area contributed by atoms with Crippen molar-refractivity contribution >= 4 is 11.7 Å². The van der Waals surface area contributed by atoms with E-state index in [1.54, 1.807) is 24.3 Å². The number of amides is 1. The molecular weight excluding hydrogens is 338 g/mol. The molecule has 0 aliphatic carbocycles. The number of rotatable bonds is 2. The summed E-state index contributed by atoms with van der Waals surface area (Å²) in [6.07, 6.45) is 1.55. The van der Waals surface area contributed by atoms with E-state index in [1.807, 2.05) is 6.07 Å². The molecule has 0 saturated heterocycles. The van der Waals surface area contributed by atoms with Gasteiger partial charge in [0.1, 0.15) is 23.8 Å². The molecule has 0 fully saturated rings. The lowest BCUT2D eigenvalue weighted by Gasteiger charge is -2.23. The molecule has 0 saturated carbocycles. The van der Waals surface area contributed by atoms with E-state index >= 15 is 0 Å². The van der Waals surface area contributed by atoms with Gasteiger partial charge in [0.2, 0.25) is 5.91 Å². The summed E-state index contributed by atoms with van der Waals surface area (Å²) >= 11 is 0. The highest BCUT2D eigenvalue weighted by Gasteiger charge is 2.31. The summed E-state index contributed by atoms with van der Waals surface area (Å²) in [5.41, 5.74) is 1.88. The zero-order valence-electron chi connectivity index (χ0n) is 13.4. The van der Waals surface area contributed by atoms with Gasteiger partial charge in [0.25, 0.3) is 0 Å². The topological polar surface area (TPSA) is 70.7 Å². The summed E-state index contributed by atoms with van der Waals surface area (Å²) in [7, 11) is 0. The summed E-state index contributed by atoms with van der Waals surface area (Å²) in [6, 6.07) is 12.0. The molecule has 0 bridgehead atoms. The zero-order chi connectivity index (χ0) is 18.3. The Kier molecular flexibility index (Phi) is 3.73. The number of anilines is 1. The van der Waals surface area contributed by atoms with Crippen LogP contribution in [-0.4, -0.2) is 15.5 Å². The molecule has 5 nitrogen and oxygen atoms in total. The average molecular weight is 350 g/mol. The number of nitrogens with one attached hydrogen (secondary N) is 1. The van der Waals surface area contributed by atoms with E-state index < -0.39 is 11.6 Å². The lowest BCUT2D eigenvalue weighted by atomic mass is 9.89. The number of aromatic nitrogens is 2. The van der Waals surface area contributed by atoms with Crippen molar-refractivity contribution in [2.45, 2.75) is 12.3 Å². The fourth-order valence-electron chi connectivity index (χ4n) is 3.13. The number of hydrogen-bond donors (Lipinski definition) is 1. The lowest BCUT2D eigenvalue weighted by molar-refractivity contribution is -0.116. The fourth-order valence-corrected chi connectivity index (χ4v) is 3.13. The van der Waals surface area contributed by atoms with Crippen molar-refractivity contribution in [3.05, 3.63) is 77.2 Å². The fraction of sp³-hybridized carbons (Fsp3) is 0.105. The summed E-state index contributed by atoms with van der Waals surface area (Å²) in [5.74, 6) is -1.47. The van der Waals surface area contributed by atoms with Crippen LogP contribution in [0.5, 0.6) is 0 Å². The second-order valence-electron chi connectivity index (χ2n) is 5.98. The van der Waals surface area contributed by atoms with E-state index in [9.17, 15) is 13.6 Å². The van der Waals surface area contributed by atoms with Gasteiger partial charge in [-0.1, -0.05) is 12.1 Å². The Morgan fingerprint density at radius 1 is 1.19 bits per heavy atom. The second kappa shape index (κ2) is 6.08. The Morgan fingerprint density at radius 2 is 1.96 bits per heavy atom. The van der Waals surface area contributed by atoms with E-state index in [1.165, 1.54) is 10.9 Å². The van der Waals surface area contributed by atoms with Crippen molar-refractivity contribution in [2.75, 3.05) is 5.32 Å². The predicted molar refractivity (Wildman–Crippen MR) is 89.7 cm³/mol. The van der Waals surface area contributed by atoms with Crippen LogP contribution in [0.1, 0.15) is 29.2 Å². The minimum Gasteiger partial charge on any atom is -0.310 e. The highest BCUT2D eigenvalue weighted by Crippen LogP contribution is 2.37. The number of carbonyl (C=O) groups excluding carboxylic acids is 1. The number of fused-ring (bicyclic) bond motifs is 1. The maximum Gasteiger partial charge on any atom is 0.226 e. The van der Waals surface area contributed by atoms with Gasteiger partial charge >= 0.3 is 0 Å². The molecule has 1 atom stereocenters. The molecule has 1 aliphatic heterocycles. The molecule has 1 aliphatic rings. The number of halogens is 2. The maximum atomic E-state index is 14.1. The first kappa shape index (κ1) is 16.0. The summed E-state index contributed by atoms with van der Waals surface area (Å²) in [6.45, 7) is 0. The Morgan fingerprint density at radius 3 is 2.69 bits per heavy atom. The molecule has 4 rings (SSSR count). The monoisotopic (exact) mass is 350 g/mol. The van der Waals surface area contributed by atoms with Crippen molar-refractivity contribution < 1.29 is 13.6 Å². The highest BCUT2D eigenvalue weighted by molar-refractivity contribution is 5.94. The van der Waals surface area contributed by atoms with Crippen molar-refractivity contribution in [3.8, 4) is 11.8 Å². The molecule has 2 aromatic carbocycles. The number of benzene rings is 2. The van der Waals surface area contributed by atoms with Gasteiger partial charge < -0.3 is 5.32 Å². The van der Waals surface area contributed by atoms with E-state index in [-0.39, 0.29) is 23.9 Å². The van der Waals surface area contributed by atoms with Crippen molar-refractivity contribution in [1.82, 2.24) is 9.55 Å². The van der Waals surface area contributed by atoms with Gasteiger partial charge in [0.15, 0.2) is 0 Å². The molecule has 3 aromatic rings. The van der Waals surface area contributed by atoms with Crippen LogP contribution in [0.4, 0.5) is 14.6 Å². The number of nitriles is 1. The van der Waals surface area contributed by atoms with Gasteiger partial charge in [-0.15, -0.1) is 0 Å². The average Bonchev–Trinajstić information content (AvgIpc) is 3.06. The van der Waals surface area contributed by atoms with Crippen LogP contribution in [0.2, 0.25) is 0 Å². The standard InChI is InChI=1S/C19H12F2N4O/c20-13-5-6-15(21)16(7-13)25-10-23-18-14(8-17(26)24-19(18)25)12-3-1-11(9-22)2-4-12/h1-7,10,14H,8H2,(H,24,26). The molecular formula is C19H12F2N4O. The smallest absolute Gasteiger partial charge is 0.226 e. The molecule has 0 spiro atoms. The van der Waals surface area contributed by atoms with Crippen LogP contribution in [0.15, 0.2) is 48.8 Å². The quantitative estimate of drug-likeness (QED) is 0.769. The minimum atomic E-state index is -0.624. The SMILES string of the molecule is N#Cc1ccc(C2CC(=O)Nc3c2ncn3-c2cc(F)ccc2F)cc1. The number of carbonyl (C=O) groups is 1. The Labute approximate surface area is 147 Å². The number of nitrogens with zero attached hydrogens (tertiary/aromatic N) is 3. The van der Waals surface area contributed by atoms with Crippen LogP contribution >= 0.6 is 0 Å². The first-order valence-electron chi connectivity index (χ1n) is 7.89. The van der Waals surface area contributed by atoms with Crippen molar-refractivity contribution in [1.29, 1.82) is 5.26 Å². The third-order valence-electron chi connectivity index (χ3n) is 4.38. The molecule has 1 amide bonds. The maximum absolute atomic E-state index is 14.1. The van der Waals surface area contributed by atoms with Gasteiger partial charge in [-0.25, -0.2) is 13.8 Å². The summed E-state index contributed by atoms with van der Waals surface area (Å²) in [4.78, 5) is 16.5. The van der Waals surface area contributed by atoms with E-state index in [2.05, 4.69) is 10.3 Å². The third-order valence-corrected chi connectivity index (χ3v) is 4.38. The van der Waals surface area contributed by atoms with Crippen LogP contribution in [0.3, 0.4) is 0 Å². The Hall–Kier alpha value is -3.53. The molecule has 0 radical (unpaired) electrons. The highest BCUT2D eigenvalue weighted by atomic mass is 19.1. The number of imidazole rings is 1. The van der Waals surface area contributed by atoms with Crippen LogP contribution in [-0.2, 0) is 4.79 Å². The van der Waals surface area contributed by atoms with E-state index in [4.69, 9.17) is 5.26 Å². The predicted octanol–water partition coefficient (Wildman–Crippen LogP) is 3.50. The third kappa shape index (κ3) is 2.62. The van der Waals surface area contributed by atoms with Gasteiger partial charge in [-0.2, -0.15) is 5.26 Å². The minimum absolute atomic E-state index is 0.0282. The van der Waals surface area contributed by atoms with Crippen LogP contribution in [0, 0.1) is 23.0 Å². The van der Waals surface area contributed by atoms with Crippen molar-refractivity contribution in [2.24, 2.45) is 0 Å². The Bertz CT molecular complexity index is 1050. The Balaban J connectivity index is 1.82. The van der Waals surface area contributed by atoms with E-state index in [0.717, 1.165) is 23.8 Å². The van der Waals surface area contributed by atoms with Gasteiger partial charge in [-0.05, 0) is 29.8 Å². The molecule has 1 unspecified atom stereocenters. The van der Waals surface area contributed by atoms with E-state index in [0.29, 0.717) is 17.1 Å².